The molecular weight excluding hydrogens is 827 g/mol. The van der Waals surface area contributed by atoms with Crippen molar-refractivity contribution >= 4 is 85.1 Å². The molecule has 0 radical (unpaired) electrons. The zero-order valence-corrected chi connectivity index (χ0v) is 34.6. The number of nitrogens with zero attached hydrogens (tertiary/aromatic N) is 7. The van der Waals surface area contributed by atoms with Crippen LogP contribution >= 0.6 is 0 Å². The molecule has 0 atom stereocenters. The fraction of sp³-hybridized carbons (Fsp3) is 0. The molecule has 0 aliphatic carbocycles. The van der Waals surface area contributed by atoms with Crippen LogP contribution in [0.4, 0.5) is 0 Å². The predicted molar refractivity (Wildman–Crippen MR) is 244 cm³/mol. The molecule has 6 aromatic carbocycles. The van der Waals surface area contributed by atoms with E-state index in [1.165, 1.54) is 0 Å². The summed E-state index contributed by atoms with van der Waals surface area (Å²) in [5.74, 6) is 1.59. The molecule has 13 heteroatoms. The quantitative estimate of drug-likeness (QED) is 0.155. The monoisotopic (exact) mass is 857 g/mol. The smallest absolute Gasteiger partial charge is 0.234 e. The first kappa shape index (κ1) is 36.8. The van der Waals surface area contributed by atoms with Crippen LogP contribution in [0.2, 0.25) is 0 Å². The van der Waals surface area contributed by atoms with Crippen molar-refractivity contribution in [1.29, 1.82) is 0 Å². The highest BCUT2D eigenvalue weighted by molar-refractivity contribution is 7.91. The lowest BCUT2D eigenvalue weighted by atomic mass is 10.1. The number of pyridine rings is 2. The van der Waals surface area contributed by atoms with Gasteiger partial charge in [0.05, 0.1) is 52.7 Å². The Morgan fingerprint density at radius 3 is 1.02 bits per heavy atom. The lowest BCUT2D eigenvalue weighted by Crippen LogP contribution is -2.05. The van der Waals surface area contributed by atoms with Gasteiger partial charge in [-0.05, 0) is 91.0 Å². The van der Waals surface area contributed by atoms with Gasteiger partial charge in [-0.25, -0.2) is 36.8 Å². The second kappa shape index (κ2) is 13.8. The molecule has 0 saturated heterocycles. The van der Waals surface area contributed by atoms with Crippen molar-refractivity contribution in [3.63, 3.8) is 0 Å². The van der Waals surface area contributed by atoms with E-state index in [9.17, 15) is 16.8 Å². The summed E-state index contributed by atoms with van der Waals surface area (Å²) >= 11 is 0. The second-order valence-electron chi connectivity index (χ2n) is 15.2. The summed E-state index contributed by atoms with van der Waals surface area (Å²) in [6.45, 7) is 0. The van der Waals surface area contributed by atoms with Gasteiger partial charge in [0.1, 0.15) is 11.6 Å². The molecule has 0 unspecified atom stereocenters. The molecular formula is C50H31N7O4S2. The summed E-state index contributed by atoms with van der Waals surface area (Å²) in [6.07, 6.45) is 6.60. The molecule has 63 heavy (non-hydrogen) atoms. The molecule has 11 nitrogen and oxygen atoms in total. The Morgan fingerprint density at radius 2 is 0.635 bits per heavy atom. The third kappa shape index (κ3) is 5.56. The maximum absolute atomic E-state index is 14.7. The van der Waals surface area contributed by atoms with Crippen LogP contribution in [-0.2, 0) is 19.7 Å². The molecule has 0 aliphatic rings. The lowest BCUT2D eigenvalue weighted by Gasteiger charge is -2.10. The van der Waals surface area contributed by atoms with Crippen LogP contribution in [-0.4, -0.2) is 50.5 Å². The number of hydrogen-bond donors (Lipinski definition) is 0. The van der Waals surface area contributed by atoms with Gasteiger partial charge < -0.3 is 0 Å². The number of rotatable bonds is 7. The first-order valence-electron chi connectivity index (χ1n) is 20.0. The van der Waals surface area contributed by atoms with Crippen molar-refractivity contribution in [1.82, 2.24) is 33.6 Å². The summed E-state index contributed by atoms with van der Waals surface area (Å²) in [4.78, 5) is 18.6. The van der Waals surface area contributed by atoms with Gasteiger partial charge in [-0.1, -0.05) is 72.8 Å². The van der Waals surface area contributed by atoms with Crippen LogP contribution in [0.15, 0.2) is 208 Å². The van der Waals surface area contributed by atoms with E-state index in [0.29, 0.717) is 44.5 Å². The molecule has 6 heterocycles. The van der Waals surface area contributed by atoms with E-state index in [-0.39, 0.29) is 25.5 Å². The molecule has 0 aliphatic heterocycles. The van der Waals surface area contributed by atoms with Gasteiger partial charge in [0, 0.05) is 57.1 Å². The number of fused-ring (bicyclic) bond motifs is 9. The van der Waals surface area contributed by atoms with Crippen molar-refractivity contribution in [2.75, 3.05) is 0 Å². The van der Waals surface area contributed by atoms with Crippen molar-refractivity contribution in [2.24, 2.45) is 0 Å². The number of aromatic nitrogens is 7. The van der Waals surface area contributed by atoms with E-state index < -0.39 is 19.7 Å². The first-order chi connectivity index (χ1) is 30.8. The van der Waals surface area contributed by atoms with Crippen molar-refractivity contribution in [2.45, 2.75) is 19.6 Å². The van der Waals surface area contributed by atoms with Gasteiger partial charge >= 0.3 is 0 Å². The van der Waals surface area contributed by atoms with E-state index in [1.54, 1.807) is 96.1 Å². The maximum atomic E-state index is 14.7. The molecule has 12 aromatic rings. The fourth-order valence-electron chi connectivity index (χ4n) is 8.91. The molecule has 0 N–H and O–H groups in total. The minimum absolute atomic E-state index is 0.0549. The molecule has 0 saturated carbocycles. The van der Waals surface area contributed by atoms with Crippen molar-refractivity contribution < 1.29 is 16.8 Å². The fourth-order valence-corrected chi connectivity index (χ4v) is 11.5. The molecule has 12 rings (SSSR count). The number of benzene rings is 6. The number of sulfone groups is 2. The van der Waals surface area contributed by atoms with Gasteiger partial charge in [-0.15, -0.1) is 0 Å². The van der Waals surface area contributed by atoms with Gasteiger partial charge in [-0.2, -0.15) is 0 Å². The van der Waals surface area contributed by atoms with E-state index in [2.05, 4.69) is 19.9 Å². The Kier molecular flexibility index (Phi) is 8.04. The van der Waals surface area contributed by atoms with Gasteiger partial charge in [0.25, 0.3) is 0 Å². The Labute approximate surface area is 359 Å². The zero-order valence-electron chi connectivity index (χ0n) is 33.0. The Bertz CT molecular complexity index is 3810. The molecule has 0 spiro atoms. The summed E-state index contributed by atoms with van der Waals surface area (Å²) in [6, 6.07) is 49.1. The topological polar surface area (TPSA) is 135 Å². The highest BCUT2D eigenvalue weighted by atomic mass is 32.2. The molecule has 0 amide bonds. The standard InChI is InChI=1S/C50H31N7O4S2/c58-62(59,32-16-20-38-36-10-1-3-12-42(36)55(44(38)28-32)48-14-5-7-24-51-48)34-18-22-40-41-23-19-35(31-47(41)57(46(40)30-34)50-53-26-9-27-54-50)63(60,61)33-17-21-39-37-11-2-4-13-43(37)56(45(39)29-33)49-15-6-8-25-52-49/h1-31H. The zero-order chi connectivity index (χ0) is 42.5. The Balaban J connectivity index is 1.02. The van der Waals surface area contributed by atoms with Crippen LogP contribution in [0.25, 0.3) is 83.0 Å². The third-order valence-corrected chi connectivity index (χ3v) is 15.2. The molecule has 302 valence electrons. The van der Waals surface area contributed by atoms with Crippen molar-refractivity contribution in [3.05, 3.63) is 189 Å². The summed E-state index contributed by atoms with van der Waals surface area (Å²) in [5, 5.41) is 5.15. The van der Waals surface area contributed by atoms with E-state index >= 15 is 0 Å². The van der Waals surface area contributed by atoms with Gasteiger partial charge in [0.2, 0.25) is 25.6 Å². The van der Waals surface area contributed by atoms with Crippen molar-refractivity contribution in [3.8, 4) is 17.6 Å². The van der Waals surface area contributed by atoms with E-state index in [1.807, 2.05) is 106 Å². The summed E-state index contributed by atoms with van der Waals surface area (Å²) in [7, 11) is -8.21. The van der Waals surface area contributed by atoms with Crippen LogP contribution < -0.4 is 0 Å². The average Bonchev–Trinajstić information content (AvgIpc) is 3.97. The molecule has 6 aromatic heterocycles. The molecule has 0 bridgehead atoms. The number of hydrogen-bond acceptors (Lipinski definition) is 8. The van der Waals surface area contributed by atoms with Crippen LogP contribution in [0.3, 0.4) is 0 Å². The van der Waals surface area contributed by atoms with Crippen LogP contribution in [0.5, 0.6) is 0 Å². The number of para-hydroxylation sites is 2. The van der Waals surface area contributed by atoms with Gasteiger partial charge in [0.15, 0.2) is 0 Å². The van der Waals surface area contributed by atoms with E-state index in [0.717, 1.165) is 32.6 Å². The first-order valence-corrected chi connectivity index (χ1v) is 23.0. The lowest BCUT2D eigenvalue weighted by molar-refractivity contribution is 0.594. The predicted octanol–water partition coefficient (Wildman–Crippen LogP) is 10.2. The van der Waals surface area contributed by atoms with Gasteiger partial charge in [-0.3, -0.25) is 13.7 Å². The maximum Gasteiger partial charge on any atom is 0.234 e. The average molecular weight is 858 g/mol. The summed E-state index contributed by atoms with van der Waals surface area (Å²) < 4.78 is 64.5. The highest BCUT2D eigenvalue weighted by Gasteiger charge is 2.26. The minimum atomic E-state index is -4.10. The van der Waals surface area contributed by atoms with Crippen LogP contribution in [0, 0.1) is 0 Å². The summed E-state index contributed by atoms with van der Waals surface area (Å²) in [5.41, 5.74) is 4.21. The Morgan fingerprint density at radius 1 is 0.302 bits per heavy atom. The van der Waals surface area contributed by atoms with E-state index in [4.69, 9.17) is 0 Å². The largest absolute Gasteiger partial charge is 0.294 e. The molecule has 0 fully saturated rings. The highest BCUT2D eigenvalue weighted by Crippen LogP contribution is 2.39. The van der Waals surface area contributed by atoms with Crippen LogP contribution in [0.1, 0.15) is 0 Å². The normalized spacial score (nSPS) is 12.4. The minimum Gasteiger partial charge on any atom is -0.294 e. The second-order valence-corrected chi connectivity index (χ2v) is 19.1. The Hall–Kier alpha value is -8.00. The SMILES string of the molecule is O=S(=O)(c1ccc2c3ccccc3n(-c3ccccn3)c2c1)c1ccc2c3ccc(S(=O)(=O)c4ccc5c6ccccc6n(-c6ccccn6)c5c4)cc3n(-c3ncccn3)c2c1. The third-order valence-electron chi connectivity index (χ3n) is 11.8.